The highest BCUT2D eigenvalue weighted by atomic mass is 32.1. The molecule has 2 aromatic carbocycles. The lowest BCUT2D eigenvalue weighted by molar-refractivity contribution is -0.141. The van der Waals surface area contributed by atoms with Gasteiger partial charge in [0.05, 0.1) is 104 Å². The van der Waals surface area contributed by atoms with Crippen LogP contribution < -0.4 is 5.32 Å². The van der Waals surface area contributed by atoms with Crippen molar-refractivity contribution in [3.8, 4) is 0 Å². The normalized spacial score (nSPS) is 13.4. The monoisotopic (exact) mass is 1250 g/mol. The van der Waals surface area contributed by atoms with Crippen LogP contribution in [0, 0.1) is 0 Å². The van der Waals surface area contributed by atoms with Gasteiger partial charge in [0.1, 0.15) is 24.6 Å². The lowest BCUT2D eigenvalue weighted by Crippen LogP contribution is -2.49. The summed E-state index contributed by atoms with van der Waals surface area (Å²) < 4.78 is 52.2. The van der Waals surface area contributed by atoms with Crippen molar-refractivity contribution in [3.05, 3.63) is 150 Å². The molecule has 1 atom stereocenters. The lowest BCUT2D eigenvalue weighted by atomic mass is 9.77. The van der Waals surface area contributed by atoms with E-state index in [9.17, 15) is 52.7 Å². The molecule has 89 heavy (non-hydrogen) atoms. The van der Waals surface area contributed by atoms with Crippen molar-refractivity contribution < 1.29 is 100 Å². The quantitative estimate of drug-likeness (QED) is 0.0189. The Balaban J connectivity index is 1.69. The van der Waals surface area contributed by atoms with Crippen LogP contribution in [0.2, 0.25) is 0 Å². The largest absolute Gasteiger partial charge is 0.469 e. The fourth-order valence-corrected chi connectivity index (χ4v) is 10.9. The molecule has 0 radical (unpaired) electrons. The van der Waals surface area contributed by atoms with Crippen LogP contribution in [-0.2, 0) is 155 Å². The number of carbonyl (C=O) groups excluding carboxylic acids is 11. The van der Waals surface area contributed by atoms with E-state index in [1.54, 1.807) is 60.7 Å². The number of hydrogen-bond donors (Lipinski definition) is 4. The third-order valence-corrected chi connectivity index (χ3v) is 15.5. The molecule has 5 aromatic rings. The van der Waals surface area contributed by atoms with Crippen LogP contribution in [0.15, 0.2) is 71.8 Å². The van der Waals surface area contributed by atoms with Crippen LogP contribution in [0.5, 0.6) is 0 Å². The molecule has 0 aliphatic carbocycles. The zero-order valence-electron chi connectivity index (χ0n) is 50.6. The second kappa shape index (κ2) is 32.3. The van der Waals surface area contributed by atoms with Crippen LogP contribution in [0.3, 0.4) is 0 Å². The predicted octanol–water partition coefficient (Wildman–Crippen LogP) is 5.08. The summed E-state index contributed by atoms with van der Waals surface area (Å²) in [7, 11) is 9.22. The van der Waals surface area contributed by atoms with Gasteiger partial charge in [0, 0.05) is 55.5 Å². The van der Waals surface area contributed by atoms with Gasteiger partial charge in [0.25, 0.3) is 0 Å². The SMILES string of the molecule is COC(=O)CCC1=C(CC(=O)OC)C(Cc2[nH]c(C(=O)OCc3ccccc3)c(CCC(=O)OC)c2CC(=O)OC)(Cc2[nH]c(C(=S)c3[nH]c(C(=O)OCc4ccccc4)c(CCC(=O)OC)c3CC(=O)OC)c(CCC(=O)OC)c2CC(=O)OC)NC1=O. The number of H-pyrrole nitrogens is 3. The van der Waals surface area contributed by atoms with Crippen LogP contribution in [0.25, 0.3) is 0 Å². The first kappa shape index (κ1) is 68.4. The summed E-state index contributed by atoms with van der Waals surface area (Å²) in [5.74, 6) is -8.57. The summed E-state index contributed by atoms with van der Waals surface area (Å²) in [6.07, 6.45) is -5.27. The zero-order valence-corrected chi connectivity index (χ0v) is 51.4. The Morgan fingerprint density at radius 2 is 0.742 bits per heavy atom. The summed E-state index contributed by atoms with van der Waals surface area (Å²) in [5.41, 5.74) is 0.0307. The summed E-state index contributed by atoms with van der Waals surface area (Å²) in [6, 6.07) is 17.5. The maximum atomic E-state index is 14.9. The fourth-order valence-electron chi connectivity index (χ4n) is 10.5. The zero-order chi connectivity index (χ0) is 65.0. The Bertz CT molecular complexity index is 3520. The molecule has 0 spiro atoms. The highest BCUT2D eigenvalue weighted by molar-refractivity contribution is 7.81. The minimum absolute atomic E-state index is 0.0255. The van der Waals surface area contributed by atoms with Gasteiger partial charge in [0.2, 0.25) is 5.91 Å². The number of nitrogens with one attached hydrogen (secondary N) is 4. The van der Waals surface area contributed by atoms with E-state index in [0.29, 0.717) is 11.1 Å². The van der Waals surface area contributed by atoms with Gasteiger partial charge in [-0.1, -0.05) is 72.9 Å². The Kier molecular flexibility index (Phi) is 24.8. The highest BCUT2D eigenvalue weighted by Gasteiger charge is 2.48. The highest BCUT2D eigenvalue weighted by Crippen LogP contribution is 2.42. The van der Waals surface area contributed by atoms with E-state index in [1.807, 2.05) is 0 Å². The summed E-state index contributed by atoms with van der Waals surface area (Å²) in [4.78, 5) is 159. The van der Waals surface area contributed by atoms with Gasteiger partial charge in [-0.2, -0.15) is 0 Å². The molecule has 474 valence electrons. The number of hydrogen-bond acceptors (Lipinski definition) is 22. The number of aromatic nitrogens is 3. The van der Waals surface area contributed by atoms with Crippen molar-refractivity contribution in [2.24, 2.45) is 0 Å². The van der Waals surface area contributed by atoms with E-state index in [0.717, 1.165) is 35.5 Å². The molecule has 26 heteroatoms. The van der Waals surface area contributed by atoms with Gasteiger partial charge < -0.3 is 67.6 Å². The molecule has 3 aromatic heterocycles. The summed E-state index contributed by atoms with van der Waals surface area (Å²) in [5, 5.41) is 3.06. The maximum Gasteiger partial charge on any atom is 0.355 e. The van der Waals surface area contributed by atoms with Gasteiger partial charge in [-0.15, -0.1) is 0 Å². The van der Waals surface area contributed by atoms with E-state index in [4.69, 9.17) is 59.6 Å². The third-order valence-electron chi connectivity index (χ3n) is 15.1. The standard InChI is InChI=1S/C63H70N4O21S/c1-79-47(68)23-19-37-41(27-51(72)83-5)45(64-55(37)59(89)56-43(29-53(74)85-7)39(21-25-49(70)81-3)58(66-56)62(78)88-34-36-17-13-10-14-18-36)31-63(44(30-54(75)86-8)40(60(76)67-63)22-26-50(71)82-4)32-46-42(28-52(73)84-6)38(20-24-48(69)80-2)57(65-46)61(77)87-33-35-15-11-9-12-16-35/h9-18,64-66H,19-34H2,1-8H3,(H,67,76). The Hall–Kier alpha value is -9.72. The summed E-state index contributed by atoms with van der Waals surface area (Å²) in [6.45, 7) is -0.391. The van der Waals surface area contributed by atoms with Crippen molar-refractivity contribution in [2.75, 3.05) is 56.9 Å². The van der Waals surface area contributed by atoms with Crippen molar-refractivity contribution in [2.45, 2.75) is 109 Å². The molecule has 0 bridgehead atoms. The van der Waals surface area contributed by atoms with Crippen molar-refractivity contribution >= 4 is 82.7 Å². The minimum Gasteiger partial charge on any atom is -0.469 e. The molecule has 0 saturated heterocycles. The predicted molar refractivity (Wildman–Crippen MR) is 316 cm³/mol. The molecule has 1 aliphatic heterocycles. The molecule has 6 rings (SSSR count). The number of amides is 1. The van der Waals surface area contributed by atoms with E-state index < -0.39 is 110 Å². The van der Waals surface area contributed by atoms with Gasteiger partial charge in [-0.3, -0.25) is 43.2 Å². The lowest BCUT2D eigenvalue weighted by Gasteiger charge is -2.33. The van der Waals surface area contributed by atoms with Crippen molar-refractivity contribution in [3.63, 3.8) is 0 Å². The number of rotatable bonds is 32. The van der Waals surface area contributed by atoms with Crippen LogP contribution in [0.4, 0.5) is 0 Å². The maximum absolute atomic E-state index is 14.9. The number of ether oxygens (including phenoxy) is 10. The molecule has 1 unspecified atom stereocenters. The Morgan fingerprint density at radius 3 is 1.16 bits per heavy atom. The molecule has 25 nitrogen and oxygen atoms in total. The van der Waals surface area contributed by atoms with E-state index in [2.05, 4.69) is 20.3 Å². The second-order valence-electron chi connectivity index (χ2n) is 20.3. The number of esters is 10. The van der Waals surface area contributed by atoms with Crippen molar-refractivity contribution in [1.29, 1.82) is 0 Å². The first-order valence-corrected chi connectivity index (χ1v) is 28.3. The molecular weight excluding hydrogens is 1180 g/mol. The number of aromatic amines is 3. The molecule has 4 N–H and O–H groups in total. The first-order chi connectivity index (χ1) is 42.7. The average molecular weight is 1250 g/mol. The first-order valence-electron chi connectivity index (χ1n) is 27.9. The van der Waals surface area contributed by atoms with Gasteiger partial charge in [-0.05, 0) is 75.8 Å². The van der Waals surface area contributed by atoms with E-state index in [1.165, 1.54) is 21.3 Å². The summed E-state index contributed by atoms with van der Waals surface area (Å²) >= 11 is 6.37. The van der Waals surface area contributed by atoms with Gasteiger partial charge in [0.15, 0.2) is 0 Å². The van der Waals surface area contributed by atoms with Gasteiger partial charge >= 0.3 is 59.7 Å². The smallest absolute Gasteiger partial charge is 0.355 e. The molecule has 0 fully saturated rings. The van der Waals surface area contributed by atoms with Crippen LogP contribution in [-0.4, -0.2) is 148 Å². The van der Waals surface area contributed by atoms with Crippen molar-refractivity contribution in [1.82, 2.24) is 20.3 Å². The molecule has 1 aliphatic rings. The number of thiocarbonyl (C=S) groups is 1. The number of carbonyl (C=O) groups is 11. The average Bonchev–Trinajstić information content (AvgIpc) is 1.61. The van der Waals surface area contributed by atoms with Crippen LogP contribution in [0.1, 0.15) is 127 Å². The van der Waals surface area contributed by atoms with Gasteiger partial charge in [-0.25, -0.2) is 9.59 Å². The number of methoxy groups -OCH3 is 8. The second-order valence-corrected chi connectivity index (χ2v) is 20.7. The molecular formula is C63H70N4O21S. The number of benzene rings is 2. The van der Waals surface area contributed by atoms with Crippen LogP contribution >= 0.6 is 12.2 Å². The molecule has 0 saturated carbocycles. The molecule has 1 amide bonds. The fraction of sp³-hybridized carbons (Fsp3) is 0.397. The topological polar surface area (TPSA) is 339 Å². The minimum atomic E-state index is -1.91. The molecule has 4 heterocycles. The van der Waals surface area contributed by atoms with E-state index >= 15 is 0 Å². The van der Waals surface area contributed by atoms with E-state index in [-0.39, 0.29) is 148 Å². The Morgan fingerprint density at radius 1 is 0.404 bits per heavy atom. The Labute approximate surface area is 517 Å². The third kappa shape index (κ3) is 17.5.